The van der Waals surface area contributed by atoms with E-state index in [1.54, 1.807) is 6.07 Å². The molecule has 3 aromatic rings. The van der Waals surface area contributed by atoms with E-state index in [4.69, 9.17) is 20.5 Å². The van der Waals surface area contributed by atoms with Crippen LogP contribution in [0.2, 0.25) is 5.22 Å². The van der Waals surface area contributed by atoms with Gasteiger partial charge >= 0.3 is 0 Å². The molecule has 1 aromatic carbocycles. The van der Waals surface area contributed by atoms with Crippen molar-refractivity contribution in [2.75, 3.05) is 0 Å². The van der Waals surface area contributed by atoms with Gasteiger partial charge in [0.15, 0.2) is 11.0 Å². The van der Waals surface area contributed by atoms with Crippen molar-refractivity contribution in [3.05, 3.63) is 59.2 Å². The molecule has 1 N–H and O–H groups in total. The highest BCUT2D eigenvalue weighted by molar-refractivity contribution is 7.89. The summed E-state index contributed by atoms with van der Waals surface area (Å²) >= 11 is 5.55. The first-order valence-corrected chi connectivity index (χ1v) is 8.27. The van der Waals surface area contributed by atoms with Crippen molar-refractivity contribution in [3.63, 3.8) is 0 Å². The summed E-state index contributed by atoms with van der Waals surface area (Å²) in [6, 6.07) is 9.80. The van der Waals surface area contributed by atoms with Gasteiger partial charge in [0.05, 0.1) is 12.2 Å². The number of halogens is 2. The molecule has 3 rings (SSSR count). The Bertz CT molecular complexity index is 918. The molecular weight excluding hydrogens is 347 g/mol. The van der Waals surface area contributed by atoms with E-state index in [1.807, 2.05) is 0 Å². The predicted molar refractivity (Wildman–Crippen MR) is 79.6 cm³/mol. The normalized spacial score (nSPS) is 11.7. The Morgan fingerprint density at radius 3 is 2.57 bits per heavy atom. The van der Waals surface area contributed by atoms with Gasteiger partial charge in [-0.25, -0.2) is 17.5 Å². The molecule has 23 heavy (non-hydrogen) atoms. The van der Waals surface area contributed by atoms with Crippen LogP contribution in [0.15, 0.2) is 56.5 Å². The Kier molecular flexibility index (Phi) is 4.20. The number of benzene rings is 1. The molecule has 0 spiro atoms. The zero-order valence-corrected chi connectivity index (χ0v) is 13.1. The lowest BCUT2D eigenvalue weighted by Gasteiger charge is -2.00. The van der Waals surface area contributed by atoms with Gasteiger partial charge < -0.3 is 8.94 Å². The maximum Gasteiger partial charge on any atom is 0.274 e. The first-order chi connectivity index (χ1) is 10.9. The highest BCUT2D eigenvalue weighted by Crippen LogP contribution is 2.21. The lowest BCUT2D eigenvalue weighted by Crippen LogP contribution is -2.22. The molecule has 2 heterocycles. The van der Waals surface area contributed by atoms with Gasteiger partial charge in [0, 0.05) is 11.6 Å². The summed E-state index contributed by atoms with van der Waals surface area (Å²) in [4.78, 5) is 0. The van der Waals surface area contributed by atoms with Gasteiger partial charge in [0.1, 0.15) is 5.82 Å². The van der Waals surface area contributed by atoms with E-state index in [0.29, 0.717) is 17.0 Å². The summed E-state index contributed by atoms with van der Waals surface area (Å²) in [6.45, 7) is -0.0919. The fourth-order valence-electron chi connectivity index (χ4n) is 1.83. The second-order valence-corrected chi connectivity index (χ2v) is 6.64. The molecule has 6 nitrogen and oxygen atoms in total. The highest BCUT2D eigenvalue weighted by Gasteiger charge is 2.19. The molecule has 0 atom stereocenters. The van der Waals surface area contributed by atoms with E-state index in [2.05, 4.69) is 9.88 Å². The molecule has 0 bridgehead atoms. The molecular formula is C14H10ClFN2O4S. The van der Waals surface area contributed by atoms with Crippen LogP contribution < -0.4 is 4.72 Å². The number of hydrogen-bond donors (Lipinski definition) is 1. The minimum Gasteiger partial charge on any atom is -0.432 e. The molecule has 0 unspecified atom stereocenters. The van der Waals surface area contributed by atoms with Crippen molar-refractivity contribution in [1.29, 1.82) is 0 Å². The smallest absolute Gasteiger partial charge is 0.274 e. The van der Waals surface area contributed by atoms with Gasteiger partial charge in [-0.05, 0) is 48.0 Å². The number of furan rings is 1. The largest absolute Gasteiger partial charge is 0.432 e. The Hall–Kier alpha value is -2.16. The van der Waals surface area contributed by atoms with Crippen LogP contribution in [0.3, 0.4) is 0 Å². The van der Waals surface area contributed by atoms with Crippen molar-refractivity contribution in [3.8, 4) is 11.3 Å². The van der Waals surface area contributed by atoms with Gasteiger partial charge in [0.25, 0.3) is 10.0 Å². The molecule has 0 amide bonds. The third-order valence-corrected chi connectivity index (χ3v) is 4.42. The minimum absolute atomic E-state index is 0.0228. The third kappa shape index (κ3) is 3.61. The minimum atomic E-state index is -3.83. The summed E-state index contributed by atoms with van der Waals surface area (Å²) < 4.78 is 49.1. The number of aromatic nitrogens is 1. The molecule has 0 fully saturated rings. The molecule has 0 radical (unpaired) electrons. The quantitative estimate of drug-likeness (QED) is 0.758. The number of hydrogen-bond acceptors (Lipinski definition) is 5. The van der Waals surface area contributed by atoms with E-state index >= 15 is 0 Å². The van der Waals surface area contributed by atoms with E-state index < -0.39 is 10.0 Å². The second-order valence-electron chi connectivity index (χ2n) is 4.57. The van der Waals surface area contributed by atoms with Crippen molar-refractivity contribution in [2.45, 2.75) is 11.6 Å². The summed E-state index contributed by atoms with van der Waals surface area (Å²) in [5, 5.41) is 3.45. The zero-order chi connectivity index (χ0) is 16.4. The highest BCUT2D eigenvalue weighted by atomic mass is 35.5. The SMILES string of the molecule is O=S(=O)(NCc1cc(-c2ccc(F)cc2)on1)c1ccc(Cl)o1. The first kappa shape index (κ1) is 15.7. The summed E-state index contributed by atoms with van der Waals surface area (Å²) in [7, 11) is -3.83. The predicted octanol–water partition coefficient (Wildman–Crippen LogP) is 3.21. The maximum absolute atomic E-state index is 12.9. The topological polar surface area (TPSA) is 85.3 Å². The van der Waals surface area contributed by atoms with Crippen molar-refractivity contribution < 1.29 is 21.7 Å². The van der Waals surface area contributed by atoms with Crippen molar-refractivity contribution in [2.24, 2.45) is 0 Å². The molecule has 0 saturated carbocycles. The van der Waals surface area contributed by atoms with Gasteiger partial charge in [0.2, 0.25) is 5.09 Å². The fourth-order valence-corrected chi connectivity index (χ4v) is 2.95. The number of rotatable bonds is 5. The standard InChI is InChI=1S/C14H10ClFN2O4S/c15-13-5-6-14(21-13)23(19,20)17-8-11-7-12(22-18-11)9-1-3-10(16)4-2-9/h1-7,17H,8H2. The summed E-state index contributed by atoms with van der Waals surface area (Å²) in [6.07, 6.45) is 0. The number of sulfonamides is 1. The molecule has 0 saturated heterocycles. The van der Waals surface area contributed by atoms with Crippen molar-refractivity contribution in [1.82, 2.24) is 9.88 Å². The molecule has 9 heteroatoms. The van der Waals surface area contributed by atoms with Gasteiger partial charge in [-0.2, -0.15) is 0 Å². The maximum atomic E-state index is 12.9. The lowest BCUT2D eigenvalue weighted by molar-refractivity contribution is 0.421. The molecule has 120 valence electrons. The zero-order valence-electron chi connectivity index (χ0n) is 11.5. The Morgan fingerprint density at radius 2 is 1.91 bits per heavy atom. The Labute approximate surface area is 135 Å². The summed E-state index contributed by atoms with van der Waals surface area (Å²) in [5.74, 6) is 0.0404. The molecule has 0 aliphatic carbocycles. The monoisotopic (exact) mass is 356 g/mol. The van der Waals surface area contributed by atoms with E-state index in [0.717, 1.165) is 0 Å². The fraction of sp³-hybridized carbons (Fsp3) is 0.0714. The van der Waals surface area contributed by atoms with Crippen LogP contribution in [0.25, 0.3) is 11.3 Å². The number of nitrogens with one attached hydrogen (secondary N) is 1. The second kappa shape index (κ2) is 6.15. The van der Waals surface area contributed by atoms with E-state index in [-0.39, 0.29) is 22.7 Å². The van der Waals surface area contributed by atoms with E-state index in [9.17, 15) is 12.8 Å². The van der Waals surface area contributed by atoms with Gasteiger partial charge in [-0.15, -0.1) is 0 Å². The molecule has 0 aliphatic rings. The number of nitrogens with zero attached hydrogens (tertiary/aromatic N) is 1. The van der Waals surface area contributed by atoms with Crippen LogP contribution in [-0.2, 0) is 16.6 Å². The van der Waals surface area contributed by atoms with Crippen LogP contribution >= 0.6 is 11.6 Å². The lowest BCUT2D eigenvalue weighted by atomic mass is 10.1. The van der Waals surface area contributed by atoms with E-state index in [1.165, 1.54) is 36.4 Å². The van der Waals surface area contributed by atoms with Crippen LogP contribution in [0, 0.1) is 5.82 Å². The van der Waals surface area contributed by atoms with Gasteiger partial charge in [-0.1, -0.05) is 5.16 Å². The van der Waals surface area contributed by atoms with Gasteiger partial charge in [-0.3, -0.25) is 0 Å². The van der Waals surface area contributed by atoms with Crippen LogP contribution in [-0.4, -0.2) is 13.6 Å². The average molecular weight is 357 g/mol. The first-order valence-electron chi connectivity index (χ1n) is 6.40. The van der Waals surface area contributed by atoms with Crippen LogP contribution in [0.1, 0.15) is 5.69 Å². The Morgan fingerprint density at radius 1 is 1.17 bits per heavy atom. The summed E-state index contributed by atoms with van der Waals surface area (Å²) in [5.41, 5.74) is 0.997. The van der Waals surface area contributed by atoms with Crippen LogP contribution in [0.4, 0.5) is 4.39 Å². The Balaban J connectivity index is 1.71. The molecule has 0 aliphatic heterocycles. The van der Waals surface area contributed by atoms with Crippen molar-refractivity contribution >= 4 is 21.6 Å². The average Bonchev–Trinajstić information content (AvgIpc) is 3.15. The molecule has 2 aromatic heterocycles. The third-order valence-electron chi connectivity index (χ3n) is 2.94. The van der Waals surface area contributed by atoms with Crippen LogP contribution in [0.5, 0.6) is 0 Å².